The van der Waals surface area contributed by atoms with E-state index in [4.69, 9.17) is 9.84 Å². The van der Waals surface area contributed by atoms with Crippen molar-refractivity contribution < 1.29 is 19.4 Å². The Morgan fingerprint density at radius 3 is 2.45 bits per heavy atom. The number of carboxylic acid groups (broad SMARTS) is 1. The van der Waals surface area contributed by atoms with Crippen molar-refractivity contribution in [2.75, 3.05) is 5.32 Å². The Morgan fingerprint density at radius 1 is 1.25 bits per heavy atom. The Hall–Kier alpha value is -1.88. The minimum Gasteiger partial charge on any atom is -0.479 e. The molecule has 0 aliphatic carbocycles. The van der Waals surface area contributed by atoms with E-state index in [2.05, 4.69) is 12.2 Å². The topological polar surface area (TPSA) is 75.6 Å². The Labute approximate surface area is 117 Å². The number of hydrogen-bond donors (Lipinski definition) is 2. The molecule has 1 fully saturated rings. The maximum Gasteiger partial charge on any atom is 0.332 e. The molecule has 2 rings (SSSR count). The zero-order valence-corrected chi connectivity index (χ0v) is 11.5. The van der Waals surface area contributed by atoms with Crippen LogP contribution in [0, 0.1) is 0 Å². The second kappa shape index (κ2) is 6.52. The number of aliphatic carboxylic acids is 1. The highest BCUT2D eigenvalue weighted by Gasteiger charge is 2.34. The number of aryl methyl sites for hydroxylation is 1. The lowest BCUT2D eigenvalue weighted by atomic mass is 10.1. The summed E-state index contributed by atoms with van der Waals surface area (Å²) in [7, 11) is 0. The summed E-state index contributed by atoms with van der Waals surface area (Å²) in [6.45, 7) is 2.12. The van der Waals surface area contributed by atoms with Gasteiger partial charge in [0.2, 0.25) is 0 Å². The van der Waals surface area contributed by atoms with Crippen LogP contribution in [0.4, 0.5) is 5.69 Å². The van der Waals surface area contributed by atoms with Crippen LogP contribution < -0.4 is 5.32 Å². The normalized spacial score (nSPS) is 21.6. The molecular weight excluding hydrogens is 258 g/mol. The number of carbonyl (C=O) groups is 2. The third-order valence-corrected chi connectivity index (χ3v) is 3.35. The first kappa shape index (κ1) is 14.5. The zero-order chi connectivity index (χ0) is 14.5. The number of benzene rings is 1. The van der Waals surface area contributed by atoms with E-state index in [1.165, 1.54) is 5.56 Å². The second-order valence-corrected chi connectivity index (χ2v) is 4.97. The van der Waals surface area contributed by atoms with Gasteiger partial charge in [-0.1, -0.05) is 25.5 Å². The summed E-state index contributed by atoms with van der Waals surface area (Å²) < 4.78 is 5.21. The van der Waals surface area contributed by atoms with Crippen LogP contribution in [-0.4, -0.2) is 29.2 Å². The first-order valence-corrected chi connectivity index (χ1v) is 6.88. The molecular formula is C15H19NO4. The molecule has 0 aromatic heterocycles. The van der Waals surface area contributed by atoms with E-state index >= 15 is 0 Å². The Kier molecular flexibility index (Phi) is 4.74. The lowest BCUT2D eigenvalue weighted by Crippen LogP contribution is -2.29. The number of carboxylic acids is 1. The van der Waals surface area contributed by atoms with Crippen LogP contribution in [0.5, 0.6) is 0 Å². The molecule has 2 atom stereocenters. The third kappa shape index (κ3) is 3.57. The fourth-order valence-corrected chi connectivity index (χ4v) is 2.28. The van der Waals surface area contributed by atoms with Gasteiger partial charge in [-0.2, -0.15) is 0 Å². The van der Waals surface area contributed by atoms with Crippen molar-refractivity contribution in [3.63, 3.8) is 0 Å². The van der Waals surface area contributed by atoms with Gasteiger partial charge in [0.05, 0.1) is 0 Å². The molecule has 108 valence electrons. The van der Waals surface area contributed by atoms with E-state index in [0.717, 1.165) is 12.8 Å². The molecule has 0 radical (unpaired) electrons. The van der Waals surface area contributed by atoms with Crippen LogP contribution in [0.15, 0.2) is 24.3 Å². The van der Waals surface area contributed by atoms with Crippen molar-refractivity contribution in [3.05, 3.63) is 29.8 Å². The van der Waals surface area contributed by atoms with Gasteiger partial charge in [0.15, 0.2) is 6.10 Å². The van der Waals surface area contributed by atoms with Crippen LogP contribution in [0.1, 0.15) is 31.7 Å². The fourth-order valence-electron chi connectivity index (χ4n) is 2.28. The molecule has 1 heterocycles. The van der Waals surface area contributed by atoms with Gasteiger partial charge < -0.3 is 15.2 Å². The van der Waals surface area contributed by atoms with Gasteiger partial charge in [0, 0.05) is 5.69 Å². The van der Waals surface area contributed by atoms with Crippen LogP contribution >= 0.6 is 0 Å². The number of amides is 1. The van der Waals surface area contributed by atoms with Crippen LogP contribution in [0.2, 0.25) is 0 Å². The summed E-state index contributed by atoms with van der Waals surface area (Å²) in [5.74, 6) is -1.29. The van der Waals surface area contributed by atoms with Gasteiger partial charge >= 0.3 is 5.97 Å². The highest BCUT2D eigenvalue weighted by molar-refractivity contribution is 5.94. The maximum atomic E-state index is 12.0. The molecule has 1 amide bonds. The average Bonchev–Trinajstić information content (AvgIpc) is 2.91. The second-order valence-electron chi connectivity index (χ2n) is 4.97. The Bertz CT molecular complexity index is 483. The minimum absolute atomic E-state index is 0.281. The van der Waals surface area contributed by atoms with Gasteiger partial charge in [0.25, 0.3) is 5.91 Å². The summed E-state index contributed by atoms with van der Waals surface area (Å²) in [5.41, 5.74) is 1.94. The molecule has 1 saturated heterocycles. The first-order chi connectivity index (χ1) is 9.60. The Morgan fingerprint density at radius 2 is 1.90 bits per heavy atom. The number of anilines is 1. The van der Waals surface area contributed by atoms with E-state index < -0.39 is 18.2 Å². The summed E-state index contributed by atoms with van der Waals surface area (Å²) in [4.78, 5) is 22.7. The summed E-state index contributed by atoms with van der Waals surface area (Å²) in [6, 6.07) is 7.67. The molecule has 0 bridgehead atoms. The molecule has 1 aliphatic heterocycles. The molecule has 0 spiro atoms. The molecule has 2 N–H and O–H groups in total. The molecule has 2 unspecified atom stereocenters. The zero-order valence-electron chi connectivity index (χ0n) is 11.5. The van der Waals surface area contributed by atoms with E-state index in [1.807, 2.05) is 24.3 Å². The van der Waals surface area contributed by atoms with Gasteiger partial charge in [-0.05, 0) is 37.0 Å². The standard InChI is InChI=1S/C15H19NO4/c1-2-3-10-4-6-11(7-5-10)16-14(17)12-8-9-13(20-12)15(18)19/h4-7,12-13H,2-3,8-9H2,1H3,(H,16,17)(H,18,19). The molecule has 5 nitrogen and oxygen atoms in total. The number of carbonyl (C=O) groups excluding carboxylic acids is 1. The predicted molar refractivity (Wildman–Crippen MR) is 74.6 cm³/mol. The minimum atomic E-state index is -1.01. The van der Waals surface area contributed by atoms with Gasteiger partial charge in [-0.25, -0.2) is 4.79 Å². The smallest absolute Gasteiger partial charge is 0.332 e. The monoisotopic (exact) mass is 277 g/mol. The SMILES string of the molecule is CCCc1ccc(NC(=O)C2CCC(C(=O)O)O2)cc1. The first-order valence-electron chi connectivity index (χ1n) is 6.88. The number of rotatable bonds is 5. The van der Waals surface area contributed by atoms with Crippen molar-refractivity contribution in [3.8, 4) is 0 Å². The predicted octanol–water partition coefficient (Wildman–Crippen LogP) is 2.21. The van der Waals surface area contributed by atoms with Gasteiger partial charge in [-0.3, -0.25) is 4.79 Å². The highest BCUT2D eigenvalue weighted by Crippen LogP contribution is 2.21. The van der Waals surface area contributed by atoms with Crippen molar-refractivity contribution in [1.29, 1.82) is 0 Å². The van der Waals surface area contributed by atoms with Gasteiger partial charge in [0.1, 0.15) is 6.10 Å². The molecule has 0 saturated carbocycles. The van der Waals surface area contributed by atoms with E-state index in [1.54, 1.807) is 0 Å². The fraction of sp³-hybridized carbons (Fsp3) is 0.467. The number of hydrogen-bond acceptors (Lipinski definition) is 3. The summed E-state index contributed by atoms with van der Waals surface area (Å²) >= 11 is 0. The van der Waals surface area contributed by atoms with Crippen molar-refractivity contribution in [1.82, 2.24) is 0 Å². The van der Waals surface area contributed by atoms with Crippen molar-refractivity contribution >= 4 is 17.6 Å². The summed E-state index contributed by atoms with van der Waals surface area (Å²) in [5, 5.41) is 11.6. The lowest BCUT2D eigenvalue weighted by Gasteiger charge is -2.12. The number of nitrogens with one attached hydrogen (secondary N) is 1. The van der Waals surface area contributed by atoms with E-state index in [0.29, 0.717) is 18.5 Å². The maximum absolute atomic E-state index is 12.0. The van der Waals surface area contributed by atoms with Crippen molar-refractivity contribution in [2.45, 2.75) is 44.8 Å². The summed E-state index contributed by atoms with van der Waals surface area (Å²) in [6.07, 6.45) is 1.38. The van der Waals surface area contributed by atoms with E-state index in [-0.39, 0.29) is 5.91 Å². The molecule has 20 heavy (non-hydrogen) atoms. The quantitative estimate of drug-likeness (QED) is 0.865. The number of ether oxygens (including phenoxy) is 1. The van der Waals surface area contributed by atoms with Crippen molar-refractivity contribution in [2.24, 2.45) is 0 Å². The van der Waals surface area contributed by atoms with Crippen LogP contribution in [0.3, 0.4) is 0 Å². The highest BCUT2D eigenvalue weighted by atomic mass is 16.5. The molecule has 5 heteroatoms. The largest absolute Gasteiger partial charge is 0.479 e. The van der Waals surface area contributed by atoms with Crippen LogP contribution in [0.25, 0.3) is 0 Å². The molecule has 1 aliphatic rings. The Balaban J connectivity index is 1.90. The third-order valence-electron chi connectivity index (χ3n) is 3.35. The van der Waals surface area contributed by atoms with E-state index in [9.17, 15) is 9.59 Å². The lowest BCUT2D eigenvalue weighted by molar-refractivity contribution is -0.150. The average molecular weight is 277 g/mol. The van der Waals surface area contributed by atoms with Crippen LogP contribution in [-0.2, 0) is 20.7 Å². The molecule has 1 aromatic carbocycles. The molecule has 1 aromatic rings. The van der Waals surface area contributed by atoms with Gasteiger partial charge in [-0.15, -0.1) is 0 Å².